The molecule has 1 aromatic carbocycles. The minimum Gasteiger partial charge on any atom is -0.497 e. The Kier molecular flexibility index (Phi) is 4.99. The quantitative estimate of drug-likeness (QED) is 0.919. The molecule has 3 atom stereocenters. The molecule has 1 saturated heterocycles. The lowest BCUT2D eigenvalue weighted by atomic mass is 9.66. The first-order valence-corrected chi connectivity index (χ1v) is 8.89. The number of rotatable bonds is 3. The molecule has 1 heterocycles. The maximum atomic E-state index is 12.5. The van der Waals surface area contributed by atoms with Gasteiger partial charge in [-0.05, 0) is 43.9 Å². The smallest absolute Gasteiger partial charge is 0.410 e. The van der Waals surface area contributed by atoms with E-state index in [1.807, 2.05) is 31.2 Å². The molecule has 2 fully saturated rings. The van der Waals surface area contributed by atoms with Crippen LogP contribution in [-0.4, -0.2) is 42.0 Å². The lowest BCUT2D eigenvalue weighted by Crippen LogP contribution is -2.56. The van der Waals surface area contributed by atoms with E-state index in [2.05, 4.69) is 0 Å². The van der Waals surface area contributed by atoms with Gasteiger partial charge in [-0.1, -0.05) is 25.0 Å². The van der Waals surface area contributed by atoms with E-state index < -0.39 is 5.60 Å². The van der Waals surface area contributed by atoms with Crippen molar-refractivity contribution in [2.45, 2.75) is 50.7 Å². The van der Waals surface area contributed by atoms with Crippen LogP contribution in [0.25, 0.3) is 0 Å². The molecule has 0 radical (unpaired) electrons. The number of hydrogen-bond donors (Lipinski definition) is 1. The first kappa shape index (κ1) is 17.1. The van der Waals surface area contributed by atoms with Crippen molar-refractivity contribution >= 4 is 6.09 Å². The van der Waals surface area contributed by atoms with Crippen LogP contribution in [0.15, 0.2) is 24.3 Å². The van der Waals surface area contributed by atoms with Gasteiger partial charge in [0.1, 0.15) is 5.75 Å². The summed E-state index contributed by atoms with van der Waals surface area (Å²) < 4.78 is 10.5. The maximum absolute atomic E-state index is 12.5. The molecule has 5 heteroatoms. The lowest BCUT2D eigenvalue weighted by Gasteiger charge is -2.52. The standard InChI is InChI=1S/C19H27NO4/c1-3-24-18(21)20-13-12-19(22)11-5-4-6-16(19)17(20)14-7-9-15(23-2)10-8-14/h7-10,16-17,22H,3-6,11-13H2,1-2H3. The van der Waals surface area contributed by atoms with Crippen molar-refractivity contribution in [2.24, 2.45) is 5.92 Å². The van der Waals surface area contributed by atoms with Gasteiger partial charge >= 0.3 is 6.09 Å². The molecule has 1 aromatic rings. The van der Waals surface area contributed by atoms with Gasteiger partial charge in [0.05, 0.1) is 25.4 Å². The van der Waals surface area contributed by atoms with E-state index >= 15 is 0 Å². The number of methoxy groups -OCH3 is 1. The molecule has 0 spiro atoms. The molecule has 5 nitrogen and oxygen atoms in total. The first-order valence-electron chi connectivity index (χ1n) is 8.89. The molecule has 3 unspecified atom stereocenters. The Labute approximate surface area is 143 Å². The summed E-state index contributed by atoms with van der Waals surface area (Å²) in [5.41, 5.74) is 0.361. The van der Waals surface area contributed by atoms with E-state index in [9.17, 15) is 9.90 Å². The second-order valence-corrected chi connectivity index (χ2v) is 6.82. The predicted molar refractivity (Wildman–Crippen MR) is 91.0 cm³/mol. The number of fused-ring (bicyclic) bond motifs is 1. The van der Waals surface area contributed by atoms with Crippen LogP contribution in [0.1, 0.15) is 50.6 Å². The summed E-state index contributed by atoms with van der Waals surface area (Å²) >= 11 is 0. The minimum absolute atomic E-state index is 0.0535. The summed E-state index contributed by atoms with van der Waals surface area (Å²) in [6.07, 6.45) is 4.25. The Hall–Kier alpha value is -1.75. The van der Waals surface area contributed by atoms with Crippen LogP contribution in [0.4, 0.5) is 4.79 Å². The van der Waals surface area contributed by atoms with E-state index in [0.717, 1.165) is 37.0 Å². The first-order chi connectivity index (χ1) is 11.6. The number of piperidine rings is 1. The van der Waals surface area contributed by atoms with Crippen LogP contribution in [0.5, 0.6) is 5.75 Å². The van der Waals surface area contributed by atoms with Gasteiger partial charge < -0.3 is 19.5 Å². The fraction of sp³-hybridized carbons (Fsp3) is 0.632. The third-order valence-electron chi connectivity index (χ3n) is 5.53. The molecule has 1 saturated carbocycles. The molecule has 0 aromatic heterocycles. The number of ether oxygens (including phenoxy) is 2. The third kappa shape index (κ3) is 3.09. The summed E-state index contributed by atoms with van der Waals surface area (Å²) in [6, 6.07) is 7.67. The Morgan fingerprint density at radius 2 is 2.04 bits per heavy atom. The highest BCUT2D eigenvalue weighted by molar-refractivity contribution is 5.68. The van der Waals surface area contributed by atoms with E-state index in [4.69, 9.17) is 9.47 Å². The Balaban J connectivity index is 1.96. The van der Waals surface area contributed by atoms with Gasteiger partial charge in [-0.25, -0.2) is 4.79 Å². The lowest BCUT2D eigenvalue weighted by molar-refractivity contribution is -0.118. The highest BCUT2D eigenvalue weighted by Gasteiger charge is 2.50. The third-order valence-corrected chi connectivity index (χ3v) is 5.53. The van der Waals surface area contributed by atoms with Crippen LogP contribution in [0.3, 0.4) is 0 Å². The summed E-state index contributed by atoms with van der Waals surface area (Å²) in [4.78, 5) is 14.3. The van der Waals surface area contributed by atoms with Gasteiger partial charge in [-0.2, -0.15) is 0 Å². The molecule has 1 N–H and O–H groups in total. The number of carbonyl (C=O) groups excluding carboxylic acids is 1. The van der Waals surface area contributed by atoms with Gasteiger partial charge in [-0.15, -0.1) is 0 Å². The topological polar surface area (TPSA) is 59.0 Å². The normalized spacial score (nSPS) is 29.7. The molecular formula is C19H27NO4. The summed E-state index contributed by atoms with van der Waals surface area (Å²) in [7, 11) is 1.64. The van der Waals surface area contributed by atoms with E-state index in [1.54, 1.807) is 12.0 Å². The van der Waals surface area contributed by atoms with Crippen molar-refractivity contribution in [2.75, 3.05) is 20.3 Å². The van der Waals surface area contributed by atoms with E-state index in [0.29, 0.717) is 19.6 Å². The van der Waals surface area contributed by atoms with Crippen molar-refractivity contribution < 1.29 is 19.4 Å². The number of hydrogen-bond acceptors (Lipinski definition) is 4. The second-order valence-electron chi connectivity index (χ2n) is 6.82. The molecule has 0 bridgehead atoms. The van der Waals surface area contributed by atoms with Gasteiger partial charge in [0.25, 0.3) is 0 Å². The number of likely N-dealkylation sites (tertiary alicyclic amines) is 1. The number of nitrogens with zero attached hydrogens (tertiary/aromatic N) is 1. The van der Waals surface area contributed by atoms with Crippen LogP contribution >= 0.6 is 0 Å². The molecule has 1 aliphatic heterocycles. The molecule has 2 aliphatic rings. The van der Waals surface area contributed by atoms with E-state index in [-0.39, 0.29) is 18.1 Å². The zero-order chi connectivity index (χ0) is 17.2. The number of carbonyl (C=O) groups is 1. The van der Waals surface area contributed by atoms with Gasteiger partial charge in [0, 0.05) is 12.5 Å². The zero-order valence-electron chi connectivity index (χ0n) is 14.5. The average molecular weight is 333 g/mol. The minimum atomic E-state index is -0.675. The predicted octanol–water partition coefficient (Wildman–Crippen LogP) is 3.52. The van der Waals surface area contributed by atoms with Crippen molar-refractivity contribution in [1.29, 1.82) is 0 Å². The van der Waals surface area contributed by atoms with Crippen LogP contribution in [0, 0.1) is 5.92 Å². The molecule has 1 amide bonds. The van der Waals surface area contributed by atoms with Crippen molar-refractivity contribution in [3.8, 4) is 5.75 Å². The Morgan fingerprint density at radius 1 is 1.29 bits per heavy atom. The molecule has 1 aliphatic carbocycles. The number of amides is 1. The number of benzene rings is 1. The molecule has 24 heavy (non-hydrogen) atoms. The fourth-order valence-corrected chi connectivity index (χ4v) is 4.31. The van der Waals surface area contributed by atoms with Gasteiger partial charge in [0.2, 0.25) is 0 Å². The van der Waals surface area contributed by atoms with Crippen molar-refractivity contribution in [1.82, 2.24) is 4.90 Å². The number of aliphatic hydroxyl groups is 1. The van der Waals surface area contributed by atoms with Gasteiger partial charge in [0.15, 0.2) is 0 Å². The van der Waals surface area contributed by atoms with Crippen molar-refractivity contribution in [3.05, 3.63) is 29.8 Å². The average Bonchev–Trinajstić information content (AvgIpc) is 2.60. The van der Waals surface area contributed by atoms with Crippen molar-refractivity contribution in [3.63, 3.8) is 0 Å². The van der Waals surface area contributed by atoms with Crippen LogP contribution < -0.4 is 4.74 Å². The van der Waals surface area contributed by atoms with E-state index in [1.165, 1.54) is 0 Å². The Morgan fingerprint density at radius 3 is 2.71 bits per heavy atom. The summed E-state index contributed by atoms with van der Waals surface area (Å²) in [5, 5.41) is 11.1. The molecular weight excluding hydrogens is 306 g/mol. The highest BCUT2D eigenvalue weighted by Crippen LogP contribution is 2.49. The summed E-state index contributed by atoms with van der Waals surface area (Å²) in [6.45, 7) is 2.71. The maximum Gasteiger partial charge on any atom is 0.410 e. The van der Waals surface area contributed by atoms with Gasteiger partial charge in [-0.3, -0.25) is 0 Å². The second kappa shape index (κ2) is 7.01. The largest absolute Gasteiger partial charge is 0.497 e. The molecule has 132 valence electrons. The molecule has 3 rings (SSSR count). The zero-order valence-corrected chi connectivity index (χ0v) is 14.5. The van der Waals surface area contributed by atoms with Crippen LogP contribution in [0.2, 0.25) is 0 Å². The monoisotopic (exact) mass is 333 g/mol. The highest BCUT2D eigenvalue weighted by atomic mass is 16.6. The van der Waals surface area contributed by atoms with Crippen LogP contribution in [-0.2, 0) is 4.74 Å². The fourth-order valence-electron chi connectivity index (χ4n) is 4.31. The summed E-state index contributed by atoms with van der Waals surface area (Å²) in [5.74, 6) is 0.842. The Bertz CT molecular complexity index is 573. The SMILES string of the molecule is CCOC(=O)N1CCC2(O)CCCCC2C1c1ccc(OC)cc1.